The Labute approximate surface area is 137 Å². The second-order valence-electron chi connectivity index (χ2n) is 6.61. The molecular weight excluding hydrogens is 314 g/mol. The van der Waals surface area contributed by atoms with Gasteiger partial charge in [-0.2, -0.15) is 4.31 Å². The maximum Gasteiger partial charge on any atom is 0.319 e. The number of hydrogen-bond donors (Lipinski definition) is 2. The molecule has 7 heteroatoms. The molecule has 3 rings (SSSR count). The van der Waals surface area contributed by atoms with Crippen molar-refractivity contribution in [1.29, 1.82) is 0 Å². The fourth-order valence-corrected chi connectivity index (χ4v) is 5.25. The fourth-order valence-electron chi connectivity index (χ4n) is 3.78. The third-order valence-electron chi connectivity index (χ3n) is 4.69. The van der Waals surface area contributed by atoms with E-state index in [0.717, 1.165) is 24.1 Å². The Morgan fingerprint density at radius 2 is 1.70 bits per heavy atom. The van der Waals surface area contributed by atoms with Crippen molar-refractivity contribution < 1.29 is 13.2 Å². The third-order valence-corrected chi connectivity index (χ3v) is 6.06. The van der Waals surface area contributed by atoms with E-state index >= 15 is 0 Å². The number of urea groups is 1. The number of benzene rings is 1. The van der Waals surface area contributed by atoms with Gasteiger partial charge in [-0.05, 0) is 44.7 Å². The predicted molar refractivity (Wildman–Crippen MR) is 89.8 cm³/mol. The van der Waals surface area contributed by atoms with Crippen molar-refractivity contribution in [3.8, 4) is 0 Å². The maximum atomic E-state index is 12.1. The van der Waals surface area contributed by atoms with Crippen molar-refractivity contribution in [2.24, 2.45) is 0 Å². The van der Waals surface area contributed by atoms with Crippen LogP contribution in [0, 0.1) is 6.92 Å². The molecule has 0 radical (unpaired) electrons. The van der Waals surface area contributed by atoms with Gasteiger partial charge in [-0.25, -0.2) is 13.2 Å². The highest BCUT2D eigenvalue weighted by Crippen LogP contribution is 2.37. The highest BCUT2D eigenvalue weighted by molar-refractivity contribution is 7.88. The first-order valence-corrected chi connectivity index (χ1v) is 9.80. The van der Waals surface area contributed by atoms with Gasteiger partial charge in [0, 0.05) is 23.8 Å². The van der Waals surface area contributed by atoms with Gasteiger partial charge < -0.3 is 10.6 Å². The van der Waals surface area contributed by atoms with Crippen LogP contribution in [0.3, 0.4) is 0 Å². The molecule has 2 heterocycles. The Kier molecular flexibility index (Phi) is 4.33. The second-order valence-corrected chi connectivity index (χ2v) is 8.50. The Bertz CT molecular complexity index is 673. The van der Waals surface area contributed by atoms with Crippen LogP contribution in [0.2, 0.25) is 0 Å². The van der Waals surface area contributed by atoms with Gasteiger partial charge in [0.15, 0.2) is 0 Å². The molecule has 126 valence electrons. The fraction of sp³-hybridized carbons (Fsp3) is 0.562. The first kappa shape index (κ1) is 16.3. The molecule has 2 N–H and O–H groups in total. The van der Waals surface area contributed by atoms with Gasteiger partial charge >= 0.3 is 6.03 Å². The molecular formula is C16H23N3O3S. The van der Waals surface area contributed by atoms with E-state index in [1.54, 1.807) is 4.31 Å². The lowest BCUT2D eigenvalue weighted by Crippen LogP contribution is -2.52. The topological polar surface area (TPSA) is 78.5 Å². The molecule has 1 aromatic carbocycles. The lowest BCUT2D eigenvalue weighted by Gasteiger charge is -2.37. The van der Waals surface area contributed by atoms with Crippen LogP contribution in [0.1, 0.15) is 31.2 Å². The van der Waals surface area contributed by atoms with Crippen LogP contribution >= 0.6 is 0 Å². The normalized spacial score (nSPS) is 27.7. The van der Waals surface area contributed by atoms with Crippen LogP contribution in [-0.4, -0.2) is 43.1 Å². The SMILES string of the molecule is Cc1ccc(NC(=O)NC2CC3CCC(C2)N3S(C)(=O)=O)cc1. The minimum atomic E-state index is -3.16. The van der Waals surface area contributed by atoms with Crippen molar-refractivity contribution in [2.45, 2.75) is 50.7 Å². The van der Waals surface area contributed by atoms with Crippen LogP contribution in [0.15, 0.2) is 24.3 Å². The number of sulfonamides is 1. The standard InChI is InChI=1S/C16H23N3O3S/c1-11-3-5-12(6-4-11)17-16(20)18-13-9-14-7-8-15(10-13)19(14)23(2,21)22/h3-6,13-15H,7-10H2,1-2H3,(H2,17,18,20). The molecule has 2 aliphatic heterocycles. The number of piperidine rings is 1. The van der Waals surface area contributed by atoms with Gasteiger partial charge in [0.1, 0.15) is 0 Å². The number of anilines is 1. The number of nitrogens with one attached hydrogen (secondary N) is 2. The highest BCUT2D eigenvalue weighted by atomic mass is 32.2. The molecule has 0 aliphatic carbocycles. The average molecular weight is 337 g/mol. The molecule has 2 unspecified atom stereocenters. The average Bonchev–Trinajstić information content (AvgIpc) is 2.74. The summed E-state index contributed by atoms with van der Waals surface area (Å²) in [6.07, 6.45) is 4.41. The van der Waals surface area contributed by atoms with Gasteiger partial charge in [0.25, 0.3) is 0 Å². The van der Waals surface area contributed by atoms with Crippen LogP contribution in [-0.2, 0) is 10.0 Å². The van der Waals surface area contributed by atoms with Crippen LogP contribution < -0.4 is 10.6 Å². The first-order valence-electron chi connectivity index (χ1n) is 7.95. The molecule has 0 spiro atoms. The van der Waals surface area contributed by atoms with Crippen molar-refractivity contribution in [3.05, 3.63) is 29.8 Å². The van der Waals surface area contributed by atoms with E-state index in [1.165, 1.54) is 6.26 Å². The number of nitrogens with zero attached hydrogens (tertiary/aromatic N) is 1. The summed E-state index contributed by atoms with van der Waals surface area (Å²) < 4.78 is 25.4. The van der Waals surface area contributed by atoms with Crippen molar-refractivity contribution in [1.82, 2.24) is 9.62 Å². The van der Waals surface area contributed by atoms with E-state index < -0.39 is 10.0 Å². The lowest BCUT2D eigenvalue weighted by atomic mass is 10.00. The Morgan fingerprint density at radius 1 is 1.13 bits per heavy atom. The lowest BCUT2D eigenvalue weighted by molar-refractivity contribution is 0.204. The van der Waals surface area contributed by atoms with Gasteiger partial charge in [-0.3, -0.25) is 0 Å². The van der Waals surface area contributed by atoms with E-state index in [1.807, 2.05) is 31.2 Å². The van der Waals surface area contributed by atoms with Gasteiger partial charge in [0.2, 0.25) is 10.0 Å². The van der Waals surface area contributed by atoms with E-state index in [2.05, 4.69) is 10.6 Å². The highest BCUT2D eigenvalue weighted by Gasteiger charge is 2.45. The number of carbonyl (C=O) groups is 1. The third kappa shape index (κ3) is 3.67. The summed E-state index contributed by atoms with van der Waals surface area (Å²) >= 11 is 0. The van der Waals surface area contributed by atoms with Crippen LogP contribution in [0.5, 0.6) is 0 Å². The van der Waals surface area contributed by atoms with Crippen molar-refractivity contribution in [2.75, 3.05) is 11.6 Å². The maximum absolute atomic E-state index is 12.1. The largest absolute Gasteiger partial charge is 0.335 e. The Hall–Kier alpha value is -1.60. The summed E-state index contributed by atoms with van der Waals surface area (Å²) in [5, 5.41) is 5.81. The molecule has 2 saturated heterocycles. The van der Waals surface area contributed by atoms with Gasteiger partial charge in [-0.1, -0.05) is 17.7 Å². The molecule has 2 bridgehead atoms. The Morgan fingerprint density at radius 3 is 2.22 bits per heavy atom. The Balaban J connectivity index is 1.58. The first-order chi connectivity index (χ1) is 10.8. The zero-order chi connectivity index (χ0) is 16.6. The van der Waals surface area contributed by atoms with Crippen molar-refractivity contribution in [3.63, 3.8) is 0 Å². The van der Waals surface area contributed by atoms with E-state index in [-0.39, 0.29) is 24.2 Å². The molecule has 2 amide bonds. The summed E-state index contributed by atoms with van der Waals surface area (Å²) in [7, 11) is -3.16. The minimum absolute atomic E-state index is 0.0217. The summed E-state index contributed by atoms with van der Waals surface area (Å²) in [6.45, 7) is 2.00. The van der Waals surface area contributed by atoms with Gasteiger partial charge in [-0.15, -0.1) is 0 Å². The molecule has 1 aromatic rings. The number of hydrogen-bond acceptors (Lipinski definition) is 3. The number of fused-ring (bicyclic) bond motifs is 2. The molecule has 0 saturated carbocycles. The zero-order valence-electron chi connectivity index (χ0n) is 13.5. The van der Waals surface area contributed by atoms with Gasteiger partial charge in [0.05, 0.1) is 6.26 Å². The summed E-state index contributed by atoms with van der Waals surface area (Å²) in [5.41, 5.74) is 1.89. The summed E-state index contributed by atoms with van der Waals surface area (Å²) in [6, 6.07) is 7.46. The molecule has 2 atom stereocenters. The van der Waals surface area contributed by atoms with Crippen LogP contribution in [0.4, 0.5) is 10.5 Å². The molecule has 23 heavy (non-hydrogen) atoms. The number of carbonyl (C=O) groups excluding carboxylic acids is 1. The van der Waals surface area contributed by atoms with Crippen molar-refractivity contribution >= 4 is 21.7 Å². The quantitative estimate of drug-likeness (QED) is 0.886. The summed E-state index contributed by atoms with van der Waals surface area (Å²) in [5.74, 6) is 0. The number of aryl methyl sites for hydroxylation is 1. The minimum Gasteiger partial charge on any atom is -0.335 e. The molecule has 6 nitrogen and oxygen atoms in total. The molecule has 2 fully saturated rings. The molecule has 2 aliphatic rings. The van der Waals surface area contributed by atoms with E-state index in [0.29, 0.717) is 12.8 Å². The number of rotatable bonds is 3. The van der Waals surface area contributed by atoms with E-state index in [9.17, 15) is 13.2 Å². The zero-order valence-corrected chi connectivity index (χ0v) is 14.3. The molecule has 0 aromatic heterocycles. The van der Waals surface area contributed by atoms with E-state index in [4.69, 9.17) is 0 Å². The van der Waals surface area contributed by atoms with Crippen LogP contribution in [0.25, 0.3) is 0 Å². The number of amides is 2. The predicted octanol–water partition coefficient (Wildman–Crippen LogP) is 2.07. The smallest absolute Gasteiger partial charge is 0.319 e. The monoisotopic (exact) mass is 337 g/mol. The second kappa shape index (κ2) is 6.13. The summed E-state index contributed by atoms with van der Waals surface area (Å²) in [4.78, 5) is 12.1.